The van der Waals surface area contributed by atoms with E-state index in [1.807, 2.05) is 0 Å². The van der Waals surface area contributed by atoms with Crippen LogP contribution in [0.5, 0.6) is 0 Å². The van der Waals surface area contributed by atoms with Crippen molar-refractivity contribution in [3.8, 4) is 11.3 Å². The summed E-state index contributed by atoms with van der Waals surface area (Å²) in [5.41, 5.74) is 2.78. The molecular weight excluding hydrogens is 592 g/mol. The van der Waals surface area contributed by atoms with Crippen LogP contribution in [-0.4, -0.2) is 56.7 Å². The summed E-state index contributed by atoms with van der Waals surface area (Å²) < 4.78 is 49.7. The number of benzene rings is 2. The Morgan fingerprint density at radius 3 is 2.59 bits per heavy atom. The van der Waals surface area contributed by atoms with Crippen LogP contribution in [-0.2, 0) is 21.2 Å². The number of carbonyl (C=O) groups is 1. The smallest absolute Gasteiger partial charge is 0.254 e. The maximum atomic E-state index is 14.9. The van der Waals surface area contributed by atoms with Gasteiger partial charge in [-0.2, -0.15) is 0 Å². The summed E-state index contributed by atoms with van der Waals surface area (Å²) in [6.07, 6.45) is 4.96. The minimum atomic E-state index is -3.22. The van der Waals surface area contributed by atoms with E-state index in [9.17, 15) is 17.6 Å². The lowest BCUT2D eigenvalue weighted by Gasteiger charge is -2.33. The number of halogens is 3. The standard InChI is InChI=1S/C29H30Cl2FN3O5S/c1-41(37,38)10-9-33-29(36)20-8-7-18(12-24(20)32)35-14-17-11-19(35)13-25(17)39-15-21-27(34-40-28(21)16-5-6-16)26-22(30)3-2-4-23(26)31/h2-4,7-8,12,16-17,19,25H,5-6,9-11,13-15H2,1H3,(H,33,36)/t17-,19-,25+/m0/s1. The van der Waals surface area contributed by atoms with Gasteiger partial charge in [0.25, 0.3) is 5.91 Å². The van der Waals surface area contributed by atoms with Gasteiger partial charge in [0.05, 0.1) is 34.1 Å². The number of amides is 1. The molecule has 1 N–H and O–H groups in total. The van der Waals surface area contributed by atoms with E-state index in [1.54, 1.807) is 24.3 Å². The quantitative estimate of drug-likeness (QED) is 0.313. The molecule has 0 unspecified atom stereocenters. The molecule has 1 amide bonds. The number of anilines is 1. The first-order valence-corrected chi connectivity index (χ1v) is 16.5. The maximum absolute atomic E-state index is 14.9. The van der Waals surface area contributed by atoms with Crippen molar-refractivity contribution in [1.29, 1.82) is 0 Å². The third-order valence-electron chi connectivity index (χ3n) is 8.17. The van der Waals surface area contributed by atoms with Crippen LogP contribution in [0.25, 0.3) is 11.3 Å². The number of fused-ring (bicyclic) bond motifs is 2. The molecule has 0 radical (unpaired) electrons. The van der Waals surface area contributed by atoms with Gasteiger partial charge in [-0.15, -0.1) is 0 Å². The molecule has 3 fully saturated rings. The molecule has 1 aromatic heterocycles. The minimum Gasteiger partial charge on any atom is -0.373 e. The van der Waals surface area contributed by atoms with Crippen LogP contribution in [0.15, 0.2) is 40.9 Å². The minimum absolute atomic E-state index is 0.0394. The lowest BCUT2D eigenvalue weighted by atomic mass is 10.0. The topological polar surface area (TPSA) is 102 Å². The average molecular weight is 623 g/mol. The molecule has 0 spiro atoms. The highest BCUT2D eigenvalue weighted by molar-refractivity contribution is 7.90. The van der Waals surface area contributed by atoms with Crippen LogP contribution in [0.4, 0.5) is 10.1 Å². The fourth-order valence-corrected chi connectivity index (χ4v) is 7.03. The fourth-order valence-electron chi connectivity index (χ4n) is 5.98. The number of ether oxygens (including phenoxy) is 1. The number of aromatic nitrogens is 1. The summed E-state index contributed by atoms with van der Waals surface area (Å²) in [5.74, 6) is -0.0137. The van der Waals surface area contributed by atoms with Gasteiger partial charge < -0.3 is 19.5 Å². The largest absolute Gasteiger partial charge is 0.373 e. The van der Waals surface area contributed by atoms with Crippen molar-refractivity contribution >= 4 is 44.6 Å². The summed E-state index contributed by atoms with van der Waals surface area (Å²) in [6, 6.07) is 10.1. The van der Waals surface area contributed by atoms with E-state index in [0.717, 1.165) is 49.8 Å². The summed E-state index contributed by atoms with van der Waals surface area (Å²) >= 11 is 13.0. The van der Waals surface area contributed by atoms with Crippen molar-refractivity contribution in [2.24, 2.45) is 5.92 Å². The van der Waals surface area contributed by atoms with Crippen molar-refractivity contribution in [3.63, 3.8) is 0 Å². The number of hydrogen-bond donors (Lipinski definition) is 1. The van der Waals surface area contributed by atoms with E-state index in [4.69, 9.17) is 32.5 Å². The average Bonchev–Trinajstić information content (AvgIpc) is 3.36. The van der Waals surface area contributed by atoms with Crippen LogP contribution < -0.4 is 10.2 Å². The number of carbonyl (C=O) groups excluding carboxylic acids is 1. The van der Waals surface area contributed by atoms with Crippen LogP contribution in [0.1, 0.15) is 53.3 Å². The zero-order valence-corrected chi connectivity index (χ0v) is 24.7. The number of piperidine rings is 1. The van der Waals surface area contributed by atoms with Crippen molar-refractivity contribution in [3.05, 3.63) is 69.1 Å². The Kier molecular flexibility index (Phi) is 7.78. The second kappa shape index (κ2) is 11.2. The number of nitrogens with one attached hydrogen (secondary N) is 1. The van der Waals surface area contributed by atoms with E-state index in [1.165, 1.54) is 12.1 Å². The molecule has 2 heterocycles. The molecule has 2 saturated carbocycles. The van der Waals surface area contributed by atoms with Crippen molar-refractivity contribution in [1.82, 2.24) is 10.5 Å². The van der Waals surface area contributed by atoms with Crippen LogP contribution in [0.3, 0.4) is 0 Å². The normalized spacial score (nSPS) is 22.0. The predicted molar refractivity (Wildman–Crippen MR) is 155 cm³/mol. The fraction of sp³-hybridized carbons (Fsp3) is 0.448. The SMILES string of the molecule is CS(=O)(=O)CCNC(=O)c1ccc(N2C[C@@H]3C[C@H]2C[C@H]3OCc2c(-c3c(Cl)cccc3Cl)noc2C2CC2)cc1F. The Balaban J connectivity index is 1.10. The molecule has 6 rings (SSSR count). The van der Waals surface area contributed by atoms with Crippen molar-refractivity contribution < 1.29 is 26.9 Å². The van der Waals surface area contributed by atoms with Crippen molar-refractivity contribution in [2.75, 3.05) is 30.0 Å². The van der Waals surface area contributed by atoms with E-state index in [2.05, 4.69) is 15.4 Å². The highest BCUT2D eigenvalue weighted by atomic mass is 35.5. The zero-order chi connectivity index (χ0) is 28.9. The van der Waals surface area contributed by atoms with Gasteiger partial charge in [0.1, 0.15) is 27.1 Å². The van der Waals surface area contributed by atoms with Gasteiger partial charge in [0, 0.05) is 54.0 Å². The lowest BCUT2D eigenvalue weighted by molar-refractivity contribution is 0.0122. The molecule has 1 saturated heterocycles. The lowest BCUT2D eigenvalue weighted by Crippen LogP contribution is -2.38. The molecule has 3 aliphatic rings. The van der Waals surface area contributed by atoms with Gasteiger partial charge in [0.2, 0.25) is 0 Å². The summed E-state index contributed by atoms with van der Waals surface area (Å²) in [7, 11) is -3.22. The highest BCUT2D eigenvalue weighted by Crippen LogP contribution is 2.47. The Bertz CT molecular complexity index is 1570. The molecule has 1 aliphatic heterocycles. The first kappa shape index (κ1) is 28.5. The van der Waals surface area contributed by atoms with Gasteiger partial charge in [-0.05, 0) is 56.0 Å². The van der Waals surface area contributed by atoms with Gasteiger partial charge >= 0.3 is 0 Å². The first-order chi connectivity index (χ1) is 19.6. The number of hydrogen-bond acceptors (Lipinski definition) is 7. The maximum Gasteiger partial charge on any atom is 0.254 e. The summed E-state index contributed by atoms with van der Waals surface area (Å²) in [6.45, 7) is 0.995. The second-order valence-corrected chi connectivity index (χ2v) is 14.3. The Labute approximate surface area is 248 Å². The number of sulfone groups is 1. The summed E-state index contributed by atoms with van der Waals surface area (Å²) in [4.78, 5) is 14.5. The third-order valence-corrected chi connectivity index (χ3v) is 9.75. The molecule has 3 aromatic rings. The monoisotopic (exact) mass is 621 g/mol. The van der Waals surface area contributed by atoms with Gasteiger partial charge in [-0.1, -0.05) is 34.4 Å². The Morgan fingerprint density at radius 1 is 1.20 bits per heavy atom. The highest BCUT2D eigenvalue weighted by Gasteiger charge is 2.46. The predicted octanol–water partition coefficient (Wildman–Crippen LogP) is 5.62. The van der Waals surface area contributed by atoms with E-state index in [-0.39, 0.29) is 35.9 Å². The molecule has 8 nitrogen and oxygen atoms in total. The summed E-state index contributed by atoms with van der Waals surface area (Å²) in [5, 5.41) is 7.83. The van der Waals surface area contributed by atoms with Crippen LogP contribution >= 0.6 is 23.2 Å². The van der Waals surface area contributed by atoms with Crippen molar-refractivity contribution in [2.45, 2.75) is 50.4 Å². The van der Waals surface area contributed by atoms with Crippen LogP contribution in [0.2, 0.25) is 10.0 Å². The van der Waals surface area contributed by atoms with E-state index < -0.39 is 21.6 Å². The number of rotatable bonds is 10. The molecule has 2 aromatic carbocycles. The first-order valence-electron chi connectivity index (χ1n) is 13.7. The molecule has 2 aliphatic carbocycles. The van der Waals surface area contributed by atoms with Crippen LogP contribution in [0, 0.1) is 11.7 Å². The zero-order valence-electron chi connectivity index (χ0n) is 22.4. The molecular formula is C29H30Cl2FN3O5S. The Morgan fingerprint density at radius 2 is 1.95 bits per heavy atom. The molecule has 2 bridgehead atoms. The number of nitrogens with zero attached hydrogens (tertiary/aromatic N) is 2. The Hall–Kier alpha value is -2.66. The third kappa shape index (κ3) is 5.98. The molecule has 218 valence electrons. The molecule has 12 heteroatoms. The van der Waals surface area contributed by atoms with Gasteiger partial charge in [0.15, 0.2) is 0 Å². The second-order valence-electron chi connectivity index (χ2n) is 11.2. The molecule has 41 heavy (non-hydrogen) atoms. The van der Waals surface area contributed by atoms with E-state index >= 15 is 0 Å². The van der Waals surface area contributed by atoms with E-state index in [0.29, 0.717) is 39.5 Å². The molecule has 3 atom stereocenters. The van der Waals surface area contributed by atoms with Gasteiger partial charge in [-0.25, -0.2) is 12.8 Å². The van der Waals surface area contributed by atoms with Gasteiger partial charge in [-0.3, -0.25) is 4.79 Å².